The molecule has 0 radical (unpaired) electrons. The van der Waals surface area contributed by atoms with Crippen LogP contribution in [0.3, 0.4) is 0 Å². The first kappa shape index (κ1) is 14.4. The molecule has 2 aliphatic heterocycles. The lowest BCUT2D eigenvalue weighted by Crippen LogP contribution is -2.55. The van der Waals surface area contributed by atoms with Crippen molar-refractivity contribution >= 4 is 28.1 Å². The molecule has 0 spiro atoms. The van der Waals surface area contributed by atoms with Crippen LogP contribution in [0.4, 0.5) is 5.69 Å². The molecule has 0 N–H and O–H groups in total. The van der Waals surface area contributed by atoms with Crippen molar-refractivity contribution in [1.82, 2.24) is 0 Å². The van der Waals surface area contributed by atoms with E-state index in [1.54, 1.807) is 0 Å². The molecule has 0 amide bonds. The third-order valence-corrected chi connectivity index (χ3v) is 5.58. The van der Waals surface area contributed by atoms with Crippen LogP contribution >= 0.6 is 22.5 Å². The molecule has 1 fully saturated rings. The van der Waals surface area contributed by atoms with Gasteiger partial charge in [-0.3, -0.25) is 0 Å². The minimum atomic E-state index is 0.0275. The fourth-order valence-corrected chi connectivity index (χ4v) is 3.99. The van der Waals surface area contributed by atoms with Gasteiger partial charge in [-0.05, 0) is 41.8 Å². The fraction of sp³-hybridized carbons (Fsp3) is 0.412. The first-order valence-corrected chi connectivity index (χ1v) is 9.49. The Morgan fingerprint density at radius 2 is 2.23 bits per heavy atom. The summed E-state index contributed by atoms with van der Waals surface area (Å²) in [5, 5.41) is 0. The number of hydrogen-bond donors (Lipinski definition) is 1. The molecule has 1 saturated heterocycles. The third kappa shape index (κ3) is 2.22. The van der Waals surface area contributed by atoms with E-state index in [0.717, 1.165) is 35.2 Å². The first-order valence-electron chi connectivity index (χ1n) is 7.62. The number of anilines is 1. The van der Waals surface area contributed by atoms with Crippen molar-refractivity contribution in [3.05, 3.63) is 41.7 Å². The average Bonchev–Trinajstić information content (AvgIpc) is 2.54. The molecular weight excluding hydrogens is 314 g/mol. The normalized spacial score (nSPS) is 25.5. The fourth-order valence-electron chi connectivity index (χ4n) is 3.35. The molecular formula is C17H19NO2S2. The summed E-state index contributed by atoms with van der Waals surface area (Å²) >= 11 is 4.31. The minimum Gasteiger partial charge on any atom is -0.494 e. The summed E-state index contributed by atoms with van der Waals surface area (Å²) in [6.45, 7) is 6.02. The van der Waals surface area contributed by atoms with Crippen molar-refractivity contribution < 1.29 is 9.47 Å². The van der Waals surface area contributed by atoms with Crippen molar-refractivity contribution in [2.24, 2.45) is 5.92 Å². The molecule has 0 aromatic heterocycles. The Morgan fingerprint density at radius 3 is 3.00 bits per heavy atom. The average molecular weight is 333 g/mol. The van der Waals surface area contributed by atoms with Gasteiger partial charge in [0.1, 0.15) is 30.3 Å². The zero-order valence-corrected chi connectivity index (χ0v) is 14.4. The molecule has 116 valence electrons. The molecule has 1 aromatic rings. The van der Waals surface area contributed by atoms with E-state index in [9.17, 15) is 0 Å². The largest absolute Gasteiger partial charge is 0.494 e. The SMILES string of the molecule is CC(C)C1=CC2Oc3ccc(SS)cc3N3CCOC(=C1)C23. The van der Waals surface area contributed by atoms with Crippen molar-refractivity contribution in [3.63, 3.8) is 0 Å². The molecule has 5 heteroatoms. The highest BCUT2D eigenvalue weighted by Gasteiger charge is 2.42. The molecule has 1 aliphatic carbocycles. The maximum atomic E-state index is 6.28. The number of ether oxygens (including phenoxy) is 2. The van der Waals surface area contributed by atoms with Gasteiger partial charge >= 0.3 is 0 Å². The summed E-state index contributed by atoms with van der Waals surface area (Å²) in [6.07, 6.45) is 4.48. The molecule has 22 heavy (non-hydrogen) atoms. The van der Waals surface area contributed by atoms with E-state index in [-0.39, 0.29) is 12.1 Å². The van der Waals surface area contributed by atoms with E-state index in [4.69, 9.17) is 9.47 Å². The minimum absolute atomic E-state index is 0.0275. The maximum Gasteiger partial charge on any atom is 0.145 e. The van der Waals surface area contributed by atoms with Crippen LogP contribution in [-0.2, 0) is 4.74 Å². The molecule has 3 nitrogen and oxygen atoms in total. The number of benzene rings is 1. The Labute approximate surface area is 140 Å². The summed E-state index contributed by atoms with van der Waals surface area (Å²) in [4.78, 5) is 3.55. The van der Waals surface area contributed by atoms with Crippen molar-refractivity contribution in [2.45, 2.75) is 30.9 Å². The topological polar surface area (TPSA) is 21.7 Å². The van der Waals surface area contributed by atoms with Crippen LogP contribution in [0.2, 0.25) is 0 Å². The van der Waals surface area contributed by atoms with Gasteiger partial charge in [0.2, 0.25) is 0 Å². The summed E-state index contributed by atoms with van der Waals surface area (Å²) < 4.78 is 12.2. The lowest BCUT2D eigenvalue weighted by Gasteiger charge is -2.47. The van der Waals surface area contributed by atoms with E-state index in [1.165, 1.54) is 16.4 Å². The number of morpholine rings is 1. The standard InChI is InChI=1S/C17H19NO2S2/c1-10(2)11-7-15-17-16(8-11)20-14-4-3-12(22-21)9-13(14)18(17)5-6-19-15/h3-4,7-10,16-17,21H,5-6H2,1-2H3. The molecule has 3 aliphatic rings. The van der Waals surface area contributed by atoms with Crippen LogP contribution in [0.5, 0.6) is 5.75 Å². The Kier molecular flexibility index (Phi) is 3.57. The van der Waals surface area contributed by atoms with Crippen molar-refractivity contribution in [3.8, 4) is 5.75 Å². The second kappa shape index (κ2) is 5.46. The van der Waals surface area contributed by atoms with Crippen LogP contribution in [0.15, 0.2) is 46.6 Å². The summed E-state index contributed by atoms with van der Waals surface area (Å²) in [7, 11) is 1.46. The van der Waals surface area contributed by atoms with Crippen LogP contribution < -0.4 is 9.64 Å². The zero-order chi connectivity index (χ0) is 15.3. The van der Waals surface area contributed by atoms with Crippen molar-refractivity contribution in [2.75, 3.05) is 18.1 Å². The molecule has 2 heterocycles. The van der Waals surface area contributed by atoms with Gasteiger partial charge in [-0.2, -0.15) is 0 Å². The zero-order valence-electron chi connectivity index (χ0n) is 12.7. The Morgan fingerprint density at radius 1 is 1.36 bits per heavy atom. The van der Waals surface area contributed by atoms with E-state index < -0.39 is 0 Å². The van der Waals surface area contributed by atoms with Crippen LogP contribution in [0, 0.1) is 5.92 Å². The summed E-state index contributed by atoms with van der Waals surface area (Å²) in [6, 6.07) is 6.43. The van der Waals surface area contributed by atoms with Crippen LogP contribution in [-0.4, -0.2) is 25.3 Å². The summed E-state index contributed by atoms with van der Waals surface area (Å²) in [5.41, 5.74) is 2.44. The van der Waals surface area contributed by atoms with Gasteiger partial charge in [0, 0.05) is 4.90 Å². The highest BCUT2D eigenvalue weighted by molar-refractivity contribution is 8.68. The van der Waals surface area contributed by atoms with Gasteiger partial charge in [0.05, 0.1) is 12.2 Å². The maximum absolute atomic E-state index is 6.28. The number of fused-ring (bicyclic) bond motifs is 2. The van der Waals surface area contributed by atoms with Gasteiger partial charge in [0.15, 0.2) is 0 Å². The lowest BCUT2D eigenvalue weighted by molar-refractivity contribution is 0.105. The number of nitrogens with zero attached hydrogens (tertiary/aromatic N) is 1. The number of hydrogen-bond acceptors (Lipinski definition) is 5. The predicted molar refractivity (Wildman–Crippen MR) is 93.8 cm³/mol. The van der Waals surface area contributed by atoms with Gasteiger partial charge in [0.25, 0.3) is 0 Å². The molecule has 2 atom stereocenters. The number of thiol groups is 1. The van der Waals surface area contributed by atoms with E-state index in [1.807, 2.05) is 0 Å². The molecule has 0 bridgehead atoms. The predicted octanol–water partition coefficient (Wildman–Crippen LogP) is 4.07. The van der Waals surface area contributed by atoms with E-state index in [2.05, 4.69) is 60.8 Å². The Bertz CT molecular complexity index is 669. The van der Waals surface area contributed by atoms with E-state index in [0.29, 0.717) is 5.92 Å². The second-order valence-corrected chi connectivity index (χ2v) is 7.36. The Balaban J connectivity index is 1.80. The van der Waals surface area contributed by atoms with Gasteiger partial charge in [-0.15, -0.1) is 11.7 Å². The molecule has 4 rings (SSSR count). The monoisotopic (exact) mass is 333 g/mol. The first-order chi connectivity index (χ1) is 10.7. The summed E-state index contributed by atoms with van der Waals surface area (Å²) in [5.74, 6) is 2.47. The molecule has 2 unspecified atom stereocenters. The molecule has 1 aromatic carbocycles. The number of rotatable bonds is 2. The second-order valence-electron chi connectivity index (χ2n) is 6.16. The smallest absolute Gasteiger partial charge is 0.145 e. The highest BCUT2D eigenvalue weighted by Crippen LogP contribution is 2.44. The lowest BCUT2D eigenvalue weighted by atomic mass is 9.89. The quantitative estimate of drug-likeness (QED) is 0.650. The number of allylic oxidation sites excluding steroid dienone is 2. The molecule has 0 saturated carbocycles. The van der Waals surface area contributed by atoms with E-state index >= 15 is 0 Å². The van der Waals surface area contributed by atoms with Gasteiger partial charge in [-0.1, -0.05) is 24.6 Å². The van der Waals surface area contributed by atoms with Gasteiger partial charge in [-0.25, -0.2) is 0 Å². The van der Waals surface area contributed by atoms with Crippen molar-refractivity contribution in [1.29, 1.82) is 0 Å². The third-order valence-electron chi connectivity index (χ3n) is 4.48. The van der Waals surface area contributed by atoms with Crippen LogP contribution in [0.25, 0.3) is 0 Å². The van der Waals surface area contributed by atoms with Gasteiger partial charge < -0.3 is 14.4 Å². The highest BCUT2D eigenvalue weighted by atomic mass is 33.1. The van der Waals surface area contributed by atoms with Crippen LogP contribution in [0.1, 0.15) is 13.8 Å². The Hall–Kier alpha value is -1.20.